The molecule has 0 amide bonds. The van der Waals surface area contributed by atoms with Crippen LogP contribution in [0.3, 0.4) is 0 Å². The van der Waals surface area contributed by atoms with Gasteiger partial charge in [-0.25, -0.2) is 0 Å². The van der Waals surface area contributed by atoms with E-state index in [0.29, 0.717) is 6.54 Å². The maximum Gasteiger partial charge on any atom is 0.191 e. The van der Waals surface area contributed by atoms with Crippen LogP contribution in [0.4, 0.5) is 0 Å². The van der Waals surface area contributed by atoms with Crippen LogP contribution in [0.15, 0.2) is 23.2 Å². The Morgan fingerprint density at radius 3 is 2.56 bits per heavy atom. The lowest BCUT2D eigenvalue weighted by atomic mass is 9.99. The van der Waals surface area contributed by atoms with Crippen molar-refractivity contribution in [3.63, 3.8) is 0 Å². The van der Waals surface area contributed by atoms with Crippen molar-refractivity contribution < 1.29 is 9.47 Å². The first kappa shape index (κ1) is 21.9. The van der Waals surface area contributed by atoms with Crippen LogP contribution >= 0.6 is 11.8 Å². The highest BCUT2D eigenvalue weighted by Gasteiger charge is 2.31. The molecule has 1 heterocycles. The largest absolute Gasteiger partial charge is 0.488 e. The molecular formula is C21H35N3O2S. The van der Waals surface area contributed by atoms with Gasteiger partial charge in [0, 0.05) is 43.7 Å². The summed E-state index contributed by atoms with van der Waals surface area (Å²) < 4.78 is 11.9. The summed E-state index contributed by atoms with van der Waals surface area (Å²) >= 11 is 1.93. The van der Waals surface area contributed by atoms with Gasteiger partial charge < -0.3 is 20.1 Å². The summed E-state index contributed by atoms with van der Waals surface area (Å²) in [5.74, 6) is 1.74. The molecule has 0 saturated carbocycles. The number of nitrogens with zero attached hydrogens (tertiary/aromatic N) is 1. The third kappa shape index (κ3) is 6.92. The minimum atomic E-state index is -0.226. The summed E-state index contributed by atoms with van der Waals surface area (Å²) in [5.41, 5.74) is 2.10. The van der Waals surface area contributed by atoms with Crippen molar-refractivity contribution in [3.05, 3.63) is 29.3 Å². The summed E-state index contributed by atoms with van der Waals surface area (Å²) in [7, 11) is 1.81. The van der Waals surface area contributed by atoms with E-state index in [1.54, 1.807) is 0 Å². The van der Waals surface area contributed by atoms with E-state index in [-0.39, 0.29) is 10.3 Å². The molecule has 152 valence electrons. The van der Waals surface area contributed by atoms with Crippen LogP contribution in [0.1, 0.15) is 44.7 Å². The highest BCUT2D eigenvalue weighted by Crippen LogP contribution is 2.33. The quantitative estimate of drug-likeness (QED) is 0.569. The fraction of sp³-hybridized carbons (Fsp3) is 0.667. The Bertz CT molecular complexity index is 635. The van der Waals surface area contributed by atoms with Gasteiger partial charge in [-0.05, 0) is 58.4 Å². The highest BCUT2D eigenvalue weighted by atomic mass is 32.2. The van der Waals surface area contributed by atoms with Crippen LogP contribution in [-0.4, -0.2) is 49.4 Å². The Morgan fingerprint density at radius 2 is 1.96 bits per heavy atom. The Labute approximate surface area is 168 Å². The fourth-order valence-corrected chi connectivity index (χ4v) is 3.86. The Kier molecular flexibility index (Phi) is 7.86. The lowest BCUT2D eigenvalue weighted by molar-refractivity contribution is 0.0783. The third-order valence-electron chi connectivity index (χ3n) is 4.72. The van der Waals surface area contributed by atoms with Crippen LogP contribution in [0.2, 0.25) is 0 Å². The van der Waals surface area contributed by atoms with Crippen molar-refractivity contribution in [2.45, 2.75) is 57.4 Å². The Morgan fingerprint density at radius 1 is 1.26 bits per heavy atom. The van der Waals surface area contributed by atoms with Gasteiger partial charge in [0.05, 0.1) is 0 Å². The van der Waals surface area contributed by atoms with Crippen LogP contribution in [0.5, 0.6) is 5.75 Å². The van der Waals surface area contributed by atoms with Gasteiger partial charge in [0.15, 0.2) is 5.96 Å². The molecule has 6 heteroatoms. The fourth-order valence-electron chi connectivity index (χ4n) is 3.07. The van der Waals surface area contributed by atoms with Gasteiger partial charge in [-0.1, -0.05) is 12.1 Å². The number of ether oxygens (including phenoxy) is 2. The number of rotatable bonds is 6. The highest BCUT2D eigenvalue weighted by molar-refractivity contribution is 8.00. The van der Waals surface area contributed by atoms with Crippen LogP contribution in [0.25, 0.3) is 0 Å². The molecule has 27 heavy (non-hydrogen) atoms. The second kappa shape index (κ2) is 9.69. The zero-order valence-corrected chi connectivity index (χ0v) is 18.5. The predicted octanol–water partition coefficient (Wildman–Crippen LogP) is 3.75. The normalized spacial score (nSPS) is 17.5. The van der Waals surface area contributed by atoms with E-state index in [0.717, 1.165) is 49.9 Å². The molecule has 5 nitrogen and oxygen atoms in total. The van der Waals surface area contributed by atoms with Gasteiger partial charge in [0.1, 0.15) is 11.4 Å². The maximum absolute atomic E-state index is 6.15. The molecule has 0 aliphatic carbocycles. The topological polar surface area (TPSA) is 54.9 Å². The van der Waals surface area contributed by atoms with Crippen molar-refractivity contribution in [1.29, 1.82) is 0 Å². The number of hydrogen-bond acceptors (Lipinski definition) is 4. The molecule has 1 aliphatic heterocycles. The molecule has 0 spiro atoms. The Hall–Kier alpha value is -1.40. The van der Waals surface area contributed by atoms with Crippen molar-refractivity contribution in [3.8, 4) is 5.75 Å². The zero-order chi connectivity index (χ0) is 19.9. The van der Waals surface area contributed by atoms with Gasteiger partial charge in [-0.2, -0.15) is 11.8 Å². The number of benzene rings is 1. The molecule has 1 fully saturated rings. The number of aryl methyl sites for hydroxylation is 1. The number of guanidine groups is 1. The molecule has 2 rings (SSSR count). The molecule has 1 aromatic carbocycles. The average molecular weight is 394 g/mol. The van der Waals surface area contributed by atoms with Crippen LogP contribution in [-0.2, 0) is 11.3 Å². The first-order valence-electron chi connectivity index (χ1n) is 9.63. The van der Waals surface area contributed by atoms with E-state index >= 15 is 0 Å². The monoisotopic (exact) mass is 393 g/mol. The predicted molar refractivity (Wildman–Crippen MR) is 116 cm³/mol. The molecule has 2 N–H and O–H groups in total. The van der Waals surface area contributed by atoms with E-state index in [1.807, 2.05) is 18.8 Å². The molecule has 0 unspecified atom stereocenters. The summed E-state index contributed by atoms with van der Waals surface area (Å²) in [5, 5.41) is 6.93. The first-order valence-corrected chi connectivity index (χ1v) is 10.9. The second-order valence-electron chi connectivity index (χ2n) is 8.10. The average Bonchev–Trinajstić information content (AvgIpc) is 2.62. The van der Waals surface area contributed by atoms with E-state index in [9.17, 15) is 0 Å². The first-order chi connectivity index (χ1) is 12.8. The lowest BCUT2D eigenvalue weighted by Crippen LogP contribution is -2.47. The van der Waals surface area contributed by atoms with E-state index in [4.69, 9.17) is 9.47 Å². The van der Waals surface area contributed by atoms with E-state index in [2.05, 4.69) is 67.8 Å². The second-order valence-corrected chi connectivity index (χ2v) is 9.38. The number of aliphatic imine (C=N–C) groups is 1. The van der Waals surface area contributed by atoms with E-state index < -0.39 is 0 Å². The van der Waals surface area contributed by atoms with Gasteiger partial charge in [-0.3, -0.25) is 4.99 Å². The molecule has 1 aliphatic rings. The SMILES string of the molecule is CN=C(NCc1ccc(C)cc1OC(C)(C)C)NCC1(SC)CCOCC1. The summed E-state index contributed by atoms with van der Waals surface area (Å²) in [6.45, 7) is 11.5. The summed E-state index contributed by atoms with van der Waals surface area (Å²) in [4.78, 5) is 4.39. The Balaban J connectivity index is 1.98. The number of thioether (sulfide) groups is 1. The van der Waals surface area contributed by atoms with Crippen LogP contribution < -0.4 is 15.4 Å². The molecule has 0 radical (unpaired) electrons. The van der Waals surface area contributed by atoms with Gasteiger partial charge in [0.2, 0.25) is 0 Å². The van der Waals surface area contributed by atoms with Gasteiger partial charge in [0.25, 0.3) is 0 Å². The molecule has 1 aromatic rings. The molecule has 1 saturated heterocycles. The maximum atomic E-state index is 6.15. The molecule has 0 bridgehead atoms. The minimum absolute atomic E-state index is 0.222. The van der Waals surface area contributed by atoms with Crippen molar-refractivity contribution in [2.75, 3.05) is 33.1 Å². The van der Waals surface area contributed by atoms with Crippen LogP contribution in [0, 0.1) is 6.92 Å². The van der Waals surface area contributed by atoms with Gasteiger partial charge >= 0.3 is 0 Å². The van der Waals surface area contributed by atoms with Crippen molar-refractivity contribution in [2.24, 2.45) is 4.99 Å². The van der Waals surface area contributed by atoms with Crippen molar-refractivity contribution in [1.82, 2.24) is 10.6 Å². The third-order valence-corrected chi connectivity index (χ3v) is 6.14. The smallest absolute Gasteiger partial charge is 0.191 e. The van der Waals surface area contributed by atoms with E-state index in [1.165, 1.54) is 5.56 Å². The minimum Gasteiger partial charge on any atom is -0.488 e. The van der Waals surface area contributed by atoms with Gasteiger partial charge in [-0.15, -0.1) is 0 Å². The molecular weight excluding hydrogens is 358 g/mol. The zero-order valence-electron chi connectivity index (χ0n) is 17.6. The lowest BCUT2D eigenvalue weighted by Gasteiger charge is -2.36. The molecule has 0 atom stereocenters. The summed E-state index contributed by atoms with van der Waals surface area (Å²) in [6.07, 6.45) is 4.32. The standard InChI is InChI=1S/C21H35N3O2S/c1-16-7-8-17(18(13-16)26-20(2,3)4)14-23-19(22-5)24-15-21(27-6)9-11-25-12-10-21/h7-8,13H,9-12,14-15H2,1-6H3,(H2,22,23,24). The van der Waals surface area contributed by atoms with Crippen molar-refractivity contribution >= 4 is 17.7 Å². The number of hydrogen-bond donors (Lipinski definition) is 2. The summed E-state index contributed by atoms with van der Waals surface area (Å²) in [6, 6.07) is 6.34. The molecule has 0 aromatic heterocycles. The number of nitrogens with one attached hydrogen (secondary N) is 2.